The number of carbonyl (C=O) groups is 1. The van der Waals surface area contributed by atoms with E-state index in [4.69, 9.17) is 0 Å². The zero-order chi connectivity index (χ0) is 9.15. The smallest absolute Gasteiger partial charge is 0.137 e. The van der Waals surface area contributed by atoms with Crippen molar-refractivity contribution >= 4 is 13.1 Å². The highest BCUT2D eigenvalue weighted by Gasteiger charge is 2.40. The molecule has 0 bridgehead atoms. The molecule has 2 aliphatic rings. The molecular weight excluding hydrogens is 159 g/mol. The summed E-state index contributed by atoms with van der Waals surface area (Å²) in [5.41, 5.74) is 0. The molecule has 1 nitrogen and oxygen atoms in total. The van der Waals surface area contributed by atoms with Crippen molar-refractivity contribution in [1.82, 2.24) is 0 Å². The Morgan fingerprint density at radius 3 is 2.54 bits per heavy atom. The van der Waals surface area contributed by atoms with Crippen molar-refractivity contribution in [3.8, 4) is 0 Å². The molecule has 72 valence electrons. The van der Waals surface area contributed by atoms with Crippen LogP contribution in [-0.2, 0) is 4.79 Å². The van der Waals surface area contributed by atoms with Gasteiger partial charge in [0, 0.05) is 11.7 Å². The molecule has 1 atom stereocenters. The van der Waals surface area contributed by atoms with E-state index in [0.717, 1.165) is 12.8 Å². The molecule has 0 aromatic rings. The molecule has 1 saturated heterocycles. The van der Waals surface area contributed by atoms with Crippen molar-refractivity contribution in [3.63, 3.8) is 0 Å². The van der Waals surface area contributed by atoms with Crippen LogP contribution in [-0.4, -0.2) is 13.1 Å². The summed E-state index contributed by atoms with van der Waals surface area (Å²) < 4.78 is 0. The lowest BCUT2D eigenvalue weighted by molar-refractivity contribution is -0.122. The first-order valence-corrected chi connectivity index (χ1v) is 5.87. The predicted octanol–water partition coefficient (Wildman–Crippen LogP) is 2.72. The highest BCUT2D eigenvalue weighted by atomic mass is 16.1. The summed E-state index contributed by atoms with van der Waals surface area (Å²) in [7, 11) is 1.20. The Hall–Kier alpha value is -0.265. The van der Waals surface area contributed by atoms with Gasteiger partial charge in [0.15, 0.2) is 0 Å². The fraction of sp³-hybridized carbons (Fsp3) is 0.909. The van der Waals surface area contributed by atoms with E-state index in [0.29, 0.717) is 5.78 Å². The van der Waals surface area contributed by atoms with Gasteiger partial charge in [0.05, 0.1) is 0 Å². The van der Waals surface area contributed by atoms with Crippen LogP contribution in [0.2, 0.25) is 11.6 Å². The minimum atomic E-state index is 0.167. The molecule has 0 N–H and O–H groups in total. The minimum absolute atomic E-state index is 0.167. The van der Waals surface area contributed by atoms with Crippen molar-refractivity contribution in [2.45, 2.75) is 63.0 Å². The third-order valence-corrected chi connectivity index (χ3v) is 3.96. The summed E-state index contributed by atoms with van der Waals surface area (Å²) in [6, 6.07) is 0. The molecule has 1 spiro atoms. The lowest BCUT2D eigenvalue weighted by Gasteiger charge is -2.29. The molecule has 0 aromatic heterocycles. The van der Waals surface area contributed by atoms with E-state index in [1.165, 1.54) is 52.1 Å². The van der Waals surface area contributed by atoms with Crippen LogP contribution in [0.3, 0.4) is 0 Å². The van der Waals surface area contributed by atoms with E-state index in [9.17, 15) is 4.79 Å². The average molecular weight is 178 g/mol. The first kappa shape index (κ1) is 9.30. The molecule has 0 aromatic carbocycles. The first-order chi connectivity index (χ1) is 6.33. The van der Waals surface area contributed by atoms with Gasteiger partial charge in [0.1, 0.15) is 13.1 Å². The normalized spacial score (nSPS) is 35.5. The van der Waals surface area contributed by atoms with Crippen LogP contribution in [0, 0.1) is 0 Å². The van der Waals surface area contributed by atoms with E-state index in [-0.39, 0.29) is 5.31 Å². The number of rotatable bonds is 0. The second-order valence-corrected chi connectivity index (χ2v) is 4.82. The average Bonchev–Trinajstić information content (AvgIpc) is 2.58. The van der Waals surface area contributed by atoms with Crippen molar-refractivity contribution in [2.75, 3.05) is 0 Å². The zero-order valence-corrected chi connectivity index (χ0v) is 8.48. The van der Waals surface area contributed by atoms with Crippen LogP contribution < -0.4 is 0 Å². The van der Waals surface area contributed by atoms with Gasteiger partial charge in [0.2, 0.25) is 0 Å². The molecular formula is C11H19BO. The second-order valence-electron chi connectivity index (χ2n) is 4.82. The van der Waals surface area contributed by atoms with Crippen LogP contribution in [0.25, 0.3) is 0 Å². The maximum absolute atomic E-state index is 12.0. The fourth-order valence-corrected chi connectivity index (χ4v) is 3.09. The fourth-order valence-electron chi connectivity index (χ4n) is 3.09. The Morgan fingerprint density at radius 1 is 1.00 bits per heavy atom. The maximum atomic E-state index is 12.0. The third kappa shape index (κ3) is 1.82. The molecule has 0 radical (unpaired) electrons. The quantitative estimate of drug-likeness (QED) is 0.521. The van der Waals surface area contributed by atoms with Crippen LogP contribution in [0.5, 0.6) is 0 Å². The summed E-state index contributed by atoms with van der Waals surface area (Å²) in [6.45, 7) is 0. The van der Waals surface area contributed by atoms with Crippen molar-refractivity contribution in [3.05, 3.63) is 0 Å². The van der Waals surface area contributed by atoms with E-state index >= 15 is 0 Å². The van der Waals surface area contributed by atoms with Crippen LogP contribution in [0.1, 0.15) is 51.4 Å². The molecule has 2 fully saturated rings. The van der Waals surface area contributed by atoms with Crippen LogP contribution >= 0.6 is 0 Å². The predicted molar refractivity (Wildman–Crippen MR) is 56.6 cm³/mol. The highest BCUT2D eigenvalue weighted by molar-refractivity contribution is 6.48. The van der Waals surface area contributed by atoms with Crippen LogP contribution in [0.15, 0.2) is 0 Å². The van der Waals surface area contributed by atoms with Gasteiger partial charge < -0.3 is 0 Å². The van der Waals surface area contributed by atoms with Crippen molar-refractivity contribution in [2.24, 2.45) is 0 Å². The summed E-state index contributed by atoms with van der Waals surface area (Å²) in [5.74, 6) is 0.602. The lowest BCUT2D eigenvalue weighted by Crippen LogP contribution is -2.27. The summed E-state index contributed by atoms with van der Waals surface area (Å²) in [4.78, 5) is 12.0. The topological polar surface area (TPSA) is 17.1 Å². The SMILES string of the molecule is O=C1CCCCCCC12BCCC2. The van der Waals surface area contributed by atoms with E-state index in [2.05, 4.69) is 0 Å². The Morgan fingerprint density at radius 2 is 1.77 bits per heavy atom. The molecule has 1 heterocycles. The Kier molecular flexibility index (Phi) is 2.76. The largest absolute Gasteiger partial charge is 0.300 e. The molecule has 13 heavy (non-hydrogen) atoms. The van der Waals surface area contributed by atoms with Gasteiger partial charge >= 0.3 is 0 Å². The Labute approximate surface area is 81.5 Å². The van der Waals surface area contributed by atoms with Gasteiger partial charge in [-0.1, -0.05) is 32.0 Å². The number of hydrogen-bond acceptors (Lipinski definition) is 1. The second kappa shape index (κ2) is 3.85. The van der Waals surface area contributed by atoms with E-state index < -0.39 is 0 Å². The summed E-state index contributed by atoms with van der Waals surface area (Å²) in [5, 5.41) is 0.167. The van der Waals surface area contributed by atoms with Gasteiger partial charge in [-0.2, -0.15) is 0 Å². The molecule has 1 aliphatic heterocycles. The number of carbonyl (C=O) groups excluding carboxylic acids is 1. The van der Waals surface area contributed by atoms with Crippen molar-refractivity contribution < 1.29 is 4.79 Å². The molecule has 1 aliphatic carbocycles. The summed E-state index contributed by atoms with van der Waals surface area (Å²) >= 11 is 0. The maximum Gasteiger partial charge on any atom is 0.137 e. The van der Waals surface area contributed by atoms with E-state index in [1.807, 2.05) is 0 Å². The molecule has 0 amide bonds. The highest BCUT2D eigenvalue weighted by Crippen LogP contribution is 2.46. The Bertz CT molecular complexity index is 194. The van der Waals surface area contributed by atoms with E-state index in [1.54, 1.807) is 0 Å². The van der Waals surface area contributed by atoms with Gasteiger partial charge in [-0.05, 0) is 19.3 Å². The van der Waals surface area contributed by atoms with Gasteiger partial charge in [0.25, 0.3) is 0 Å². The van der Waals surface area contributed by atoms with Gasteiger partial charge in [-0.15, -0.1) is 0 Å². The number of ketones is 1. The van der Waals surface area contributed by atoms with Gasteiger partial charge in [-0.3, -0.25) is 4.79 Å². The van der Waals surface area contributed by atoms with Crippen molar-refractivity contribution in [1.29, 1.82) is 0 Å². The molecule has 2 heteroatoms. The number of Topliss-reactive ketones (excluding diaryl/α,β-unsaturated/α-hetero) is 1. The number of hydrogen-bond donors (Lipinski definition) is 0. The Balaban J connectivity index is 2.07. The third-order valence-electron chi connectivity index (χ3n) is 3.96. The molecule has 1 unspecified atom stereocenters. The van der Waals surface area contributed by atoms with Gasteiger partial charge in [-0.25, -0.2) is 0 Å². The van der Waals surface area contributed by atoms with Crippen LogP contribution in [0.4, 0.5) is 0 Å². The monoisotopic (exact) mass is 178 g/mol. The molecule has 2 rings (SSSR count). The first-order valence-electron chi connectivity index (χ1n) is 5.87. The zero-order valence-electron chi connectivity index (χ0n) is 8.48. The minimum Gasteiger partial charge on any atom is -0.300 e. The standard InChI is InChI=1S/C11H19BO/c13-10-6-3-1-2-4-7-11(10)8-5-9-12-11/h12H,1-9H2. The summed E-state index contributed by atoms with van der Waals surface area (Å²) in [6.07, 6.45) is 11.0. The molecule has 1 saturated carbocycles. The lowest BCUT2D eigenvalue weighted by atomic mass is 9.50.